The number of halogens is 3. The van der Waals surface area contributed by atoms with Gasteiger partial charge >= 0.3 is 6.18 Å². The third kappa shape index (κ3) is 3.95. The zero-order valence-electron chi connectivity index (χ0n) is 10.3. The summed E-state index contributed by atoms with van der Waals surface area (Å²) in [5.41, 5.74) is -0.0912. The van der Waals surface area contributed by atoms with Crippen LogP contribution >= 0.6 is 0 Å². The van der Waals surface area contributed by atoms with Crippen LogP contribution in [-0.2, 0) is 6.18 Å². The van der Waals surface area contributed by atoms with Gasteiger partial charge in [-0.15, -0.1) is 0 Å². The maximum atomic E-state index is 12.5. The van der Waals surface area contributed by atoms with Crippen molar-refractivity contribution in [3.05, 3.63) is 29.8 Å². The van der Waals surface area contributed by atoms with Crippen LogP contribution in [0.3, 0.4) is 0 Å². The van der Waals surface area contributed by atoms with E-state index in [2.05, 4.69) is 19.2 Å². The van der Waals surface area contributed by atoms with Crippen LogP contribution in [0, 0.1) is 5.92 Å². The lowest BCUT2D eigenvalue weighted by molar-refractivity contribution is -0.137. The van der Waals surface area contributed by atoms with E-state index in [0.29, 0.717) is 11.6 Å². The molecule has 1 N–H and O–H groups in total. The van der Waals surface area contributed by atoms with Crippen molar-refractivity contribution in [3.63, 3.8) is 0 Å². The average Bonchev–Trinajstić information content (AvgIpc) is 2.27. The monoisotopic (exact) mass is 245 g/mol. The van der Waals surface area contributed by atoms with Gasteiger partial charge in [0.25, 0.3) is 0 Å². The molecular formula is C13H18F3N. The van der Waals surface area contributed by atoms with Crippen LogP contribution in [0.4, 0.5) is 18.9 Å². The van der Waals surface area contributed by atoms with E-state index in [0.717, 1.165) is 18.6 Å². The smallest absolute Gasteiger partial charge is 0.382 e. The van der Waals surface area contributed by atoms with Gasteiger partial charge in [-0.1, -0.05) is 26.3 Å². The van der Waals surface area contributed by atoms with E-state index in [-0.39, 0.29) is 6.04 Å². The summed E-state index contributed by atoms with van der Waals surface area (Å²) in [6, 6.07) is 5.48. The fraction of sp³-hybridized carbons (Fsp3) is 0.538. The molecule has 0 aliphatic carbocycles. The Morgan fingerprint density at radius 2 is 1.88 bits per heavy atom. The molecule has 2 atom stereocenters. The second-order valence-corrected chi connectivity index (χ2v) is 4.40. The molecular weight excluding hydrogens is 227 g/mol. The summed E-state index contributed by atoms with van der Waals surface area (Å²) in [5, 5.41) is 3.11. The van der Waals surface area contributed by atoms with Crippen molar-refractivity contribution in [1.29, 1.82) is 0 Å². The van der Waals surface area contributed by atoms with Gasteiger partial charge in [0.2, 0.25) is 0 Å². The maximum Gasteiger partial charge on any atom is 0.416 e. The minimum Gasteiger partial charge on any atom is -0.382 e. The predicted molar refractivity (Wildman–Crippen MR) is 64.0 cm³/mol. The number of anilines is 1. The van der Waals surface area contributed by atoms with Gasteiger partial charge in [0.05, 0.1) is 5.56 Å². The first-order valence-corrected chi connectivity index (χ1v) is 5.78. The van der Waals surface area contributed by atoms with Gasteiger partial charge in [-0.25, -0.2) is 0 Å². The first kappa shape index (κ1) is 13.9. The zero-order chi connectivity index (χ0) is 13.1. The first-order chi connectivity index (χ1) is 7.84. The molecule has 0 amide bonds. The third-order valence-corrected chi connectivity index (χ3v) is 3.08. The largest absolute Gasteiger partial charge is 0.416 e. The van der Waals surface area contributed by atoms with Crippen LogP contribution in [-0.4, -0.2) is 6.04 Å². The minimum absolute atomic E-state index is 0.156. The quantitative estimate of drug-likeness (QED) is 0.820. The molecule has 0 saturated carbocycles. The van der Waals surface area contributed by atoms with Gasteiger partial charge in [-0.3, -0.25) is 0 Å². The van der Waals surface area contributed by atoms with Crippen molar-refractivity contribution in [2.75, 3.05) is 5.32 Å². The topological polar surface area (TPSA) is 12.0 Å². The molecule has 1 nitrogen and oxygen atoms in total. The Balaban J connectivity index is 2.79. The van der Waals surface area contributed by atoms with Crippen molar-refractivity contribution < 1.29 is 13.2 Å². The van der Waals surface area contributed by atoms with E-state index in [1.165, 1.54) is 6.07 Å². The van der Waals surface area contributed by atoms with Crippen molar-refractivity contribution in [1.82, 2.24) is 0 Å². The standard InChI is InChI=1S/C13H18F3N/c1-4-9(2)10(3)17-12-7-5-6-11(8-12)13(14,15)16/h5-10,17H,4H2,1-3H3. The lowest BCUT2D eigenvalue weighted by Crippen LogP contribution is -2.23. The first-order valence-electron chi connectivity index (χ1n) is 5.78. The van der Waals surface area contributed by atoms with Crippen LogP contribution in [0.1, 0.15) is 32.8 Å². The van der Waals surface area contributed by atoms with Gasteiger partial charge in [-0.05, 0) is 31.0 Å². The summed E-state index contributed by atoms with van der Waals surface area (Å²) in [4.78, 5) is 0. The summed E-state index contributed by atoms with van der Waals surface area (Å²) in [6.45, 7) is 6.12. The fourth-order valence-corrected chi connectivity index (χ4v) is 1.54. The van der Waals surface area contributed by atoms with Gasteiger partial charge in [0.1, 0.15) is 0 Å². The number of nitrogens with one attached hydrogen (secondary N) is 1. The summed E-state index contributed by atoms with van der Waals surface area (Å²) in [7, 11) is 0. The Hall–Kier alpha value is -1.19. The Morgan fingerprint density at radius 3 is 2.41 bits per heavy atom. The van der Waals surface area contributed by atoms with Gasteiger partial charge in [0, 0.05) is 11.7 Å². The fourth-order valence-electron chi connectivity index (χ4n) is 1.54. The van der Waals surface area contributed by atoms with Crippen LogP contribution in [0.15, 0.2) is 24.3 Å². The van der Waals surface area contributed by atoms with Crippen LogP contribution in [0.2, 0.25) is 0 Å². The van der Waals surface area contributed by atoms with Crippen molar-refractivity contribution in [2.45, 2.75) is 39.4 Å². The normalized spacial score (nSPS) is 15.4. The molecule has 0 aliphatic heterocycles. The third-order valence-electron chi connectivity index (χ3n) is 3.08. The number of alkyl halides is 3. The molecule has 1 rings (SSSR count). The molecule has 1 aromatic carbocycles. The van der Waals surface area contributed by atoms with E-state index < -0.39 is 11.7 Å². The lowest BCUT2D eigenvalue weighted by Gasteiger charge is -2.21. The average molecular weight is 245 g/mol. The molecule has 0 aromatic heterocycles. The van der Waals surface area contributed by atoms with E-state index in [4.69, 9.17) is 0 Å². The summed E-state index contributed by atoms with van der Waals surface area (Å²) in [6.07, 6.45) is -3.29. The van der Waals surface area contributed by atoms with Crippen molar-refractivity contribution in [2.24, 2.45) is 5.92 Å². The highest BCUT2D eigenvalue weighted by Gasteiger charge is 2.30. The second-order valence-electron chi connectivity index (χ2n) is 4.40. The highest BCUT2D eigenvalue weighted by Crippen LogP contribution is 2.31. The van der Waals surface area contributed by atoms with E-state index >= 15 is 0 Å². The van der Waals surface area contributed by atoms with Gasteiger partial charge < -0.3 is 5.32 Å². The molecule has 96 valence electrons. The molecule has 4 heteroatoms. The molecule has 0 spiro atoms. The van der Waals surface area contributed by atoms with Crippen LogP contribution in [0.5, 0.6) is 0 Å². The highest BCUT2D eigenvalue weighted by molar-refractivity contribution is 5.47. The van der Waals surface area contributed by atoms with E-state index in [1.807, 2.05) is 6.92 Å². The number of benzene rings is 1. The highest BCUT2D eigenvalue weighted by atomic mass is 19.4. The Labute approximate surface area is 100 Å². The second kappa shape index (κ2) is 5.43. The molecule has 1 aromatic rings. The molecule has 0 bridgehead atoms. The molecule has 0 aliphatic rings. The molecule has 17 heavy (non-hydrogen) atoms. The Kier molecular flexibility index (Phi) is 4.43. The van der Waals surface area contributed by atoms with Gasteiger partial charge in [0.15, 0.2) is 0 Å². The predicted octanol–water partition coefficient (Wildman–Crippen LogP) is 4.55. The SMILES string of the molecule is CCC(C)C(C)Nc1cccc(C(F)(F)F)c1. The molecule has 0 saturated heterocycles. The summed E-state index contributed by atoms with van der Waals surface area (Å²) in [5.74, 6) is 0.421. The molecule has 0 radical (unpaired) electrons. The van der Waals surface area contributed by atoms with Crippen molar-refractivity contribution in [3.8, 4) is 0 Å². The molecule has 2 unspecified atom stereocenters. The maximum absolute atomic E-state index is 12.5. The molecule has 0 heterocycles. The Bertz CT molecular complexity index is 360. The van der Waals surface area contributed by atoms with Crippen LogP contribution in [0.25, 0.3) is 0 Å². The summed E-state index contributed by atoms with van der Waals surface area (Å²) >= 11 is 0. The van der Waals surface area contributed by atoms with Crippen LogP contribution < -0.4 is 5.32 Å². The number of rotatable bonds is 4. The minimum atomic E-state index is -4.28. The summed E-state index contributed by atoms with van der Waals surface area (Å²) < 4.78 is 37.5. The zero-order valence-corrected chi connectivity index (χ0v) is 10.3. The number of hydrogen-bond donors (Lipinski definition) is 1. The molecule has 0 fully saturated rings. The number of hydrogen-bond acceptors (Lipinski definition) is 1. The van der Waals surface area contributed by atoms with Gasteiger partial charge in [-0.2, -0.15) is 13.2 Å². The lowest BCUT2D eigenvalue weighted by atomic mass is 10.0. The van der Waals surface area contributed by atoms with E-state index in [9.17, 15) is 13.2 Å². The van der Waals surface area contributed by atoms with Crippen molar-refractivity contribution >= 4 is 5.69 Å². The Morgan fingerprint density at radius 1 is 1.24 bits per heavy atom. The van der Waals surface area contributed by atoms with E-state index in [1.54, 1.807) is 6.07 Å².